The molecule has 2 aromatic carbocycles. The number of halogens is 1. The lowest BCUT2D eigenvalue weighted by Gasteiger charge is -2.45. The minimum Gasteiger partial charge on any atom is -0.395 e. The Balaban J connectivity index is 1.88. The number of sulfonamides is 1. The van der Waals surface area contributed by atoms with Crippen LogP contribution in [0.2, 0.25) is 0 Å². The second-order valence-electron chi connectivity index (χ2n) is 6.68. The van der Waals surface area contributed by atoms with Gasteiger partial charge in [0, 0.05) is 24.2 Å². The summed E-state index contributed by atoms with van der Waals surface area (Å²) in [5.41, 5.74) is 1.21. The number of β-amino-alcohol motifs (C(OH)–C–C–N with tert-alkyl or cyclic N) is 1. The molecule has 2 aliphatic rings. The Morgan fingerprint density at radius 1 is 1.17 bits per heavy atom. The van der Waals surface area contributed by atoms with Gasteiger partial charge in [-0.2, -0.15) is 12.8 Å². The number of morpholine rings is 1. The predicted molar refractivity (Wildman–Crippen MR) is 103 cm³/mol. The summed E-state index contributed by atoms with van der Waals surface area (Å²) in [7, 11) is -4.12. The fraction of sp³-hybridized carbons (Fsp3) is 0.250. The maximum atomic E-state index is 13.2. The van der Waals surface area contributed by atoms with Gasteiger partial charge >= 0.3 is 0 Å². The molecule has 9 heteroatoms. The van der Waals surface area contributed by atoms with Crippen LogP contribution in [0.4, 0.5) is 4.39 Å². The zero-order chi connectivity index (χ0) is 20.6. The molecule has 1 saturated heterocycles. The molecule has 0 amide bonds. The molecule has 29 heavy (non-hydrogen) atoms. The van der Waals surface area contributed by atoms with Crippen molar-refractivity contribution in [3.8, 4) is 0 Å². The first-order valence-corrected chi connectivity index (χ1v) is 10.4. The maximum absolute atomic E-state index is 13.2. The van der Waals surface area contributed by atoms with E-state index in [4.69, 9.17) is 4.74 Å². The van der Waals surface area contributed by atoms with Gasteiger partial charge in [-0.1, -0.05) is 24.3 Å². The van der Waals surface area contributed by atoms with Crippen molar-refractivity contribution in [1.82, 2.24) is 4.90 Å². The molecule has 0 bridgehead atoms. The molecule has 0 aromatic heterocycles. The summed E-state index contributed by atoms with van der Waals surface area (Å²) in [6.07, 6.45) is 1.46. The van der Waals surface area contributed by atoms with Gasteiger partial charge in [0.25, 0.3) is 10.0 Å². The van der Waals surface area contributed by atoms with Crippen LogP contribution < -0.4 is 0 Å². The Bertz CT molecular complexity index is 1100. The fourth-order valence-corrected chi connectivity index (χ4v) is 4.54. The molecule has 2 N–H and O–H groups in total. The molecule has 1 atom stereocenters. The second-order valence-corrected chi connectivity index (χ2v) is 8.29. The van der Waals surface area contributed by atoms with Crippen LogP contribution in [0.5, 0.6) is 0 Å². The van der Waals surface area contributed by atoms with Crippen molar-refractivity contribution < 1.29 is 27.8 Å². The summed E-state index contributed by atoms with van der Waals surface area (Å²) < 4.78 is 48.4. The third-order valence-electron chi connectivity index (χ3n) is 4.90. The van der Waals surface area contributed by atoms with Gasteiger partial charge < -0.3 is 19.8 Å². The average Bonchev–Trinajstić information content (AvgIpc) is 2.70. The van der Waals surface area contributed by atoms with Crippen LogP contribution in [-0.4, -0.2) is 55.5 Å². The molecule has 1 unspecified atom stereocenters. The van der Waals surface area contributed by atoms with E-state index in [1.54, 1.807) is 29.2 Å². The molecule has 0 spiro atoms. The lowest BCUT2D eigenvalue weighted by molar-refractivity contribution is -0.219. The first-order valence-electron chi connectivity index (χ1n) is 9.00. The van der Waals surface area contributed by atoms with Crippen molar-refractivity contribution in [3.63, 3.8) is 0 Å². The predicted octanol–water partition coefficient (Wildman–Crippen LogP) is 1.37. The number of ether oxygens (including phenoxy) is 1. The number of allylic oxidation sites excluding steroid dienone is 1. The Kier molecular flexibility index (Phi) is 4.99. The summed E-state index contributed by atoms with van der Waals surface area (Å²) in [5.74, 6) is -2.31. The van der Waals surface area contributed by atoms with Crippen LogP contribution >= 0.6 is 0 Å². The highest BCUT2D eigenvalue weighted by atomic mass is 32.2. The molecule has 2 aromatic rings. The maximum Gasteiger partial charge on any atom is 0.282 e. The standard InChI is InChI=1S/C20H19FN2O5S/c21-14-5-7-15(8-6-14)29(26,27)22-18-13-19-20(25,17-4-2-1-3-16(17)18)28-12-10-23(19)9-11-24/h1-8,13,24-25H,9-12H2. The molecule has 7 nitrogen and oxygen atoms in total. The highest BCUT2D eigenvalue weighted by Gasteiger charge is 2.46. The van der Waals surface area contributed by atoms with Gasteiger partial charge in [0.2, 0.25) is 5.79 Å². The molecule has 0 saturated carbocycles. The Labute approximate surface area is 167 Å². The lowest BCUT2D eigenvalue weighted by atomic mass is 9.86. The number of hydrogen-bond acceptors (Lipinski definition) is 6. The van der Waals surface area contributed by atoms with E-state index < -0.39 is 21.6 Å². The summed E-state index contributed by atoms with van der Waals surface area (Å²) in [6.45, 7) is 0.768. The van der Waals surface area contributed by atoms with Crippen LogP contribution in [0.1, 0.15) is 11.1 Å². The van der Waals surface area contributed by atoms with Crippen LogP contribution in [0.25, 0.3) is 0 Å². The normalized spacial score (nSPS) is 22.8. The molecular weight excluding hydrogens is 399 g/mol. The van der Waals surface area contributed by atoms with E-state index >= 15 is 0 Å². The number of aliphatic hydroxyl groups is 2. The van der Waals surface area contributed by atoms with Gasteiger partial charge in [-0.15, -0.1) is 0 Å². The van der Waals surface area contributed by atoms with Crippen molar-refractivity contribution in [1.29, 1.82) is 0 Å². The van der Waals surface area contributed by atoms with Crippen molar-refractivity contribution in [3.05, 3.63) is 77.2 Å². The molecule has 1 heterocycles. The minimum absolute atomic E-state index is 0.123. The average molecular weight is 418 g/mol. The summed E-state index contributed by atoms with van der Waals surface area (Å²) in [6, 6.07) is 11.1. The SMILES string of the molecule is O=S(=O)(N=C1C=C2N(CCO)CCOC2(O)c2ccccc21)c1ccc(F)cc1. The minimum atomic E-state index is -4.12. The van der Waals surface area contributed by atoms with Gasteiger partial charge in [0.1, 0.15) is 5.82 Å². The quantitative estimate of drug-likeness (QED) is 0.778. The van der Waals surface area contributed by atoms with Gasteiger partial charge in [-0.05, 0) is 30.3 Å². The molecule has 4 rings (SSSR count). The van der Waals surface area contributed by atoms with Crippen molar-refractivity contribution >= 4 is 15.7 Å². The van der Waals surface area contributed by atoms with E-state index in [1.807, 2.05) is 0 Å². The van der Waals surface area contributed by atoms with Gasteiger partial charge in [-0.3, -0.25) is 0 Å². The number of benzene rings is 2. The summed E-state index contributed by atoms with van der Waals surface area (Å²) >= 11 is 0. The first-order chi connectivity index (χ1) is 13.8. The van der Waals surface area contributed by atoms with Crippen LogP contribution in [-0.2, 0) is 20.5 Å². The zero-order valence-corrected chi connectivity index (χ0v) is 16.1. The summed E-state index contributed by atoms with van der Waals surface area (Å²) in [5, 5.41) is 20.6. The monoisotopic (exact) mass is 418 g/mol. The Hall–Kier alpha value is -2.59. The highest BCUT2D eigenvalue weighted by molar-refractivity contribution is 7.90. The molecular formula is C20H19FN2O5S. The highest BCUT2D eigenvalue weighted by Crippen LogP contribution is 2.41. The topological polar surface area (TPSA) is 99.4 Å². The van der Waals surface area contributed by atoms with E-state index in [1.165, 1.54) is 6.08 Å². The van der Waals surface area contributed by atoms with Crippen molar-refractivity contribution in [2.24, 2.45) is 4.40 Å². The van der Waals surface area contributed by atoms with Gasteiger partial charge in [0.15, 0.2) is 0 Å². The lowest BCUT2D eigenvalue weighted by Crippen LogP contribution is -2.50. The number of fused-ring (bicyclic) bond motifs is 3. The van der Waals surface area contributed by atoms with E-state index in [9.17, 15) is 23.0 Å². The molecule has 1 fully saturated rings. The third-order valence-corrected chi connectivity index (χ3v) is 6.21. The smallest absolute Gasteiger partial charge is 0.282 e. The van der Waals surface area contributed by atoms with Crippen molar-refractivity contribution in [2.45, 2.75) is 10.7 Å². The number of nitrogens with zero attached hydrogens (tertiary/aromatic N) is 2. The fourth-order valence-electron chi connectivity index (χ4n) is 3.54. The van der Waals surface area contributed by atoms with E-state index in [-0.39, 0.29) is 30.4 Å². The molecule has 152 valence electrons. The van der Waals surface area contributed by atoms with E-state index in [2.05, 4.69) is 4.40 Å². The van der Waals surface area contributed by atoms with Gasteiger partial charge in [0.05, 0.1) is 29.5 Å². The van der Waals surface area contributed by atoms with E-state index in [0.717, 1.165) is 24.3 Å². The van der Waals surface area contributed by atoms with Crippen LogP contribution in [0.3, 0.4) is 0 Å². The largest absolute Gasteiger partial charge is 0.395 e. The van der Waals surface area contributed by atoms with Crippen LogP contribution in [0, 0.1) is 5.82 Å². The molecule has 1 aliphatic carbocycles. The van der Waals surface area contributed by atoms with E-state index in [0.29, 0.717) is 23.4 Å². The Morgan fingerprint density at radius 2 is 1.90 bits per heavy atom. The van der Waals surface area contributed by atoms with Gasteiger partial charge in [-0.25, -0.2) is 4.39 Å². The number of hydrogen-bond donors (Lipinski definition) is 2. The molecule has 0 radical (unpaired) electrons. The number of rotatable bonds is 4. The van der Waals surface area contributed by atoms with Crippen LogP contribution in [0.15, 0.2) is 69.6 Å². The second kappa shape index (κ2) is 7.34. The zero-order valence-electron chi connectivity index (χ0n) is 15.3. The van der Waals surface area contributed by atoms with Crippen molar-refractivity contribution in [2.75, 3.05) is 26.3 Å². The Morgan fingerprint density at radius 3 is 2.62 bits per heavy atom. The first kappa shape index (κ1) is 19.7. The number of aliphatic hydroxyl groups excluding tert-OH is 1. The third kappa shape index (κ3) is 3.46. The molecule has 1 aliphatic heterocycles. The summed E-state index contributed by atoms with van der Waals surface area (Å²) in [4.78, 5) is 1.59.